The molecule has 0 heterocycles. The smallest absolute Gasteiger partial charge is 0.239 e. The molecule has 17 heavy (non-hydrogen) atoms. The molecule has 0 radical (unpaired) electrons. The Morgan fingerprint density at radius 1 is 1.59 bits per heavy atom. The number of likely N-dealkylation sites (N-methyl/N-ethyl adjacent to an activating group) is 2. The van der Waals surface area contributed by atoms with Crippen LogP contribution in [0.4, 0.5) is 10.1 Å². The maximum Gasteiger partial charge on any atom is 0.239 e. The van der Waals surface area contributed by atoms with Gasteiger partial charge in [-0.25, -0.2) is 4.39 Å². The van der Waals surface area contributed by atoms with E-state index in [1.807, 2.05) is 0 Å². The van der Waals surface area contributed by atoms with Crippen molar-refractivity contribution >= 4 is 11.6 Å². The number of para-hydroxylation sites is 1. The molecule has 0 spiro atoms. The van der Waals surface area contributed by atoms with Crippen molar-refractivity contribution < 1.29 is 14.3 Å². The van der Waals surface area contributed by atoms with Gasteiger partial charge in [0.15, 0.2) is 0 Å². The maximum absolute atomic E-state index is 13.7. The van der Waals surface area contributed by atoms with Gasteiger partial charge in [-0.05, 0) is 13.0 Å². The molecule has 0 aliphatic heterocycles. The molecule has 0 aliphatic carbocycles. The molecular formula is C12H17FN2O2. The molecular weight excluding hydrogens is 223 g/mol. The van der Waals surface area contributed by atoms with Gasteiger partial charge in [-0.1, -0.05) is 12.1 Å². The summed E-state index contributed by atoms with van der Waals surface area (Å²) in [7, 11) is 3.13. The largest absolute Gasteiger partial charge is 0.389 e. The van der Waals surface area contributed by atoms with Gasteiger partial charge in [-0.2, -0.15) is 0 Å². The lowest BCUT2D eigenvalue weighted by Gasteiger charge is -2.23. The van der Waals surface area contributed by atoms with Gasteiger partial charge in [0, 0.05) is 19.7 Å². The molecule has 1 rings (SSSR count). The highest BCUT2D eigenvalue weighted by atomic mass is 19.1. The van der Waals surface area contributed by atoms with Gasteiger partial charge in [-0.15, -0.1) is 0 Å². The summed E-state index contributed by atoms with van der Waals surface area (Å²) in [5.41, 5.74) is 0.725. The molecule has 5 heteroatoms. The number of carbonyl (C=O) groups excluding carboxylic acids is 1. The first kappa shape index (κ1) is 13.4. The predicted octanol–water partition coefficient (Wildman–Crippen LogP) is 1.06. The third kappa shape index (κ3) is 3.17. The summed E-state index contributed by atoms with van der Waals surface area (Å²) in [6.07, 6.45) is -0.784. The van der Waals surface area contributed by atoms with Gasteiger partial charge < -0.3 is 15.3 Å². The van der Waals surface area contributed by atoms with Crippen molar-refractivity contribution in [2.24, 2.45) is 0 Å². The lowest BCUT2D eigenvalue weighted by Crippen LogP contribution is -2.34. The maximum atomic E-state index is 13.7. The number of aliphatic hydroxyl groups is 1. The summed E-state index contributed by atoms with van der Waals surface area (Å²) in [5.74, 6) is -0.665. The quantitative estimate of drug-likeness (QED) is 0.827. The molecule has 1 aromatic carbocycles. The number of nitrogens with one attached hydrogen (secondary N) is 1. The average Bonchev–Trinajstić information content (AvgIpc) is 2.28. The monoisotopic (exact) mass is 240 g/mol. The Kier molecular flexibility index (Phi) is 4.45. The second-order valence-corrected chi connectivity index (χ2v) is 3.88. The van der Waals surface area contributed by atoms with Crippen LogP contribution in [0.2, 0.25) is 0 Å². The summed E-state index contributed by atoms with van der Waals surface area (Å²) in [5, 5.41) is 12.0. The molecule has 1 aromatic rings. The van der Waals surface area contributed by atoms with E-state index >= 15 is 0 Å². The Morgan fingerprint density at radius 2 is 2.24 bits per heavy atom. The first-order valence-corrected chi connectivity index (χ1v) is 5.35. The predicted molar refractivity (Wildman–Crippen MR) is 64.4 cm³/mol. The molecule has 0 unspecified atom stereocenters. The first-order valence-electron chi connectivity index (χ1n) is 5.35. The molecule has 1 amide bonds. The number of hydrogen-bond acceptors (Lipinski definition) is 3. The zero-order chi connectivity index (χ0) is 13.0. The van der Waals surface area contributed by atoms with Crippen LogP contribution in [0.15, 0.2) is 18.2 Å². The van der Waals surface area contributed by atoms with E-state index < -0.39 is 11.9 Å². The van der Waals surface area contributed by atoms with Crippen LogP contribution in [0.3, 0.4) is 0 Å². The Balaban J connectivity index is 3.06. The van der Waals surface area contributed by atoms with E-state index in [1.54, 1.807) is 20.0 Å². The highest BCUT2D eigenvalue weighted by Gasteiger charge is 2.17. The SMILES string of the molecule is CNC(=O)CN(C)c1c(F)cccc1[C@H](C)O. The van der Waals surface area contributed by atoms with E-state index in [0.717, 1.165) is 0 Å². The van der Waals surface area contributed by atoms with E-state index in [1.165, 1.54) is 24.1 Å². The molecule has 0 saturated carbocycles. The molecule has 4 nitrogen and oxygen atoms in total. The Bertz CT molecular complexity index is 407. The lowest BCUT2D eigenvalue weighted by atomic mass is 10.1. The molecule has 0 saturated heterocycles. The number of rotatable bonds is 4. The molecule has 0 bridgehead atoms. The minimum atomic E-state index is -0.784. The second-order valence-electron chi connectivity index (χ2n) is 3.88. The van der Waals surface area contributed by atoms with Crippen molar-refractivity contribution in [2.75, 3.05) is 25.5 Å². The van der Waals surface area contributed by atoms with Crippen LogP contribution in [0.5, 0.6) is 0 Å². The first-order chi connectivity index (χ1) is 7.97. The topological polar surface area (TPSA) is 52.6 Å². The summed E-state index contributed by atoms with van der Waals surface area (Å²) in [4.78, 5) is 12.7. The van der Waals surface area contributed by atoms with Crippen molar-refractivity contribution in [3.8, 4) is 0 Å². The van der Waals surface area contributed by atoms with Crippen molar-refractivity contribution in [3.63, 3.8) is 0 Å². The number of halogens is 1. The average molecular weight is 240 g/mol. The zero-order valence-corrected chi connectivity index (χ0v) is 10.2. The van der Waals surface area contributed by atoms with Gasteiger partial charge in [0.25, 0.3) is 0 Å². The number of nitrogens with zero attached hydrogens (tertiary/aromatic N) is 1. The molecule has 1 atom stereocenters. The van der Waals surface area contributed by atoms with Crippen LogP contribution in [-0.4, -0.2) is 31.7 Å². The van der Waals surface area contributed by atoms with Crippen molar-refractivity contribution in [3.05, 3.63) is 29.6 Å². The van der Waals surface area contributed by atoms with Gasteiger partial charge >= 0.3 is 0 Å². The molecule has 0 aromatic heterocycles. The van der Waals surface area contributed by atoms with Crippen LogP contribution in [0, 0.1) is 5.82 Å². The minimum Gasteiger partial charge on any atom is -0.389 e. The van der Waals surface area contributed by atoms with Crippen molar-refractivity contribution in [2.45, 2.75) is 13.0 Å². The van der Waals surface area contributed by atoms with Crippen molar-refractivity contribution in [1.29, 1.82) is 0 Å². The third-order valence-electron chi connectivity index (χ3n) is 2.51. The summed E-state index contributed by atoms with van der Waals surface area (Å²) < 4.78 is 13.7. The molecule has 0 fully saturated rings. The fourth-order valence-corrected chi connectivity index (χ4v) is 1.65. The number of carbonyl (C=O) groups is 1. The number of hydrogen-bond donors (Lipinski definition) is 2. The summed E-state index contributed by atoms with van der Waals surface area (Å²) in [6, 6.07) is 4.49. The van der Waals surface area contributed by atoms with E-state index in [-0.39, 0.29) is 18.1 Å². The number of aliphatic hydroxyl groups excluding tert-OH is 1. The van der Waals surface area contributed by atoms with Crippen LogP contribution in [-0.2, 0) is 4.79 Å². The number of anilines is 1. The van der Waals surface area contributed by atoms with E-state index in [4.69, 9.17) is 0 Å². The second kappa shape index (κ2) is 5.63. The summed E-state index contributed by atoms with van der Waals surface area (Å²) in [6.45, 7) is 1.60. The zero-order valence-electron chi connectivity index (χ0n) is 10.2. The van der Waals surface area contributed by atoms with Crippen LogP contribution in [0.25, 0.3) is 0 Å². The molecule has 94 valence electrons. The van der Waals surface area contributed by atoms with Gasteiger partial charge in [0.05, 0.1) is 18.3 Å². The molecule has 2 N–H and O–H groups in total. The Hall–Kier alpha value is -1.62. The van der Waals surface area contributed by atoms with E-state index in [9.17, 15) is 14.3 Å². The standard InChI is InChI=1S/C12H17FN2O2/c1-8(16)9-5-4-6-10(13)12(9)15(3)7-11(17)14-2/h4-6,8,16H,7H2,1-3H3,(H,14,17)/t8-/m0/s1. The number of amides is 1. The van der Waals surface area contributed by atoms with Crippen LogP contribution < -0.4 is 10.2 Å². The lowest BCUT2D eigenvalue weighted by molar-refractivity contribution is -0.119. The third-order valence-corrected chi connectivity index (χ3v) is 2.51. The fraction of sp³-hybridized carbons (Fsp3) is 0.417. The Morgan fingerprint density at radius 3 is 2.76 bits per heavy atom. The minimum absolute atomic E-state index is 0.0388. The normalized spacial score (nSPS) is 12.1. The highest BCUT2D eigenvalue weighted by Crippen LogP contribution is 2.28. The van der Waals surface area contributed by atoms with Gasteiger partial charge in [0.1, 0.15) is 5.82 Å². The van der Waals surface area contributed by atoms with E-state index in [2.05, 4.69) is 5.32 Å². The van der Waals surface area contributed by atoms with Gasteiger partial charge in [-0.3, -0.25) is 4.79 Å². The summed E-state index contributed by atoms with van der Waals surface area (Å²) >= 11 is 0. The highest BCUT2D eigenvalue weighted by molar-refractivity contribution is 5.81. The Labute approximate surface area is 100 Å². The van der Waals surface area contributed by atoms with Crippen LogP contribution >= 0.6 is 0 Å². The van der Waals surface area contributed by atoms with Crippen LogP contribution in [0.1, 0.15) is 18.6 Å². The number of benzene rings is 1. The van der Waals surface area contributed by atoms with E-state index in [0.29, 0.717) is 5.56 Å². The van der Waals surface area contributed by atoms with Crippen molar-refractivity contribution in [1.82, 2.24) is 5.32 Å². The molecule has 0 aliphatic rings. The van der Waals surface area contributed by atoms with Gasteiger partial charge in [0.2, 0.25) is 5.91 Å². The fourth-order valence-electron chi connectivity index (χ4n) is 1.65.